The Morgan fingerprint density at radius 2 is 0.824 bits per heavy atom. The third-order valence-corrected chi connectivity index (χ3v) is 10.6. The molecule has 0 aliphatic carbocycles. The van der Waals surface area contributed by atoms with Crippen molar-refractivity contribution in [2.75, 3.05) is 0 Å². The number of benzene rings is 3. The summed E-state index contributed by atoms with van der Waals surface area (Å²) in [5.41, 5.74) is 0.356. The monoisotopic (exact) mass is 558 g/mol. The number of hydrogen-bond acceptors (Lipinski definition) is 10. The van der Waals surface area contributed by atoms with Gasteiger partial charge in [-0.1, -0.05) is 12.1 Å². The van der Waals surface area contributed by atoms with E-state index in [1.165, 1.54) is 6.07 Å². The van der Waals surface area contributed by atoms with Gasteiger partial charge in [-0.2, -0.15) is 0 Å². The molecule has 2 aliphatic heterocycles. The Kier molecular flexibility index (Phi) is 6.96. The molecule has 10 nitrogen and oxygen atoms in total. The maximum absolute atomic E-state index is 13.0. The molecule has 166 valence electrons. The Labute approximate surface area is 239 Å². The van der Waals surface area contributed by atoms with Crippen molar-refractivity contribution in [3.8, 4) is 22.3 Å². The molecule has 5 rings (SSSR count). The average Bonchev–Trinajstić information content (AvgIpc) is 3.05. The van der Waals surface area contributed by atoms with Crippen LogP contribution in [0.25, 0.3) is 22.3 Å². The number of rotatable bonds is 2. The summed E-state index contributed by atoms with van der Waals surface area (Å²) in [6.45, 7) is 0. The van der Waals surface area contributed by atoms with Crippen LogP contribution in [0, 0.1) is 0 Å². The quantitative estimate of drug-likeness (QED) is 0.150. The molecule has 2 aliphatic rings. The van der Waals surface area contributed by atoms with Gasteiger partial charge in [0.2, 0.25) is 19.7 Å². The minimum Gasteiger partial charge on any atom is -0.744 e. The minimum atomic E-state index is -4.93. The zero-order valence-electron chi connectivity index (χ0n) is 17.3. The SMILES string of the molecule is O=S(=O)([O-])c1ccc2c(c1)S(=O)(=O)c1cc3c(cc1-2)-c1ccc(S(=O)(=O)[O-])cc1S3(=O)=O.[Na+].[Na+]. The van der Waals surface area contributed by atoms with E-state index in [0.29, 0.717) is 0 Å². The van der Waals surface area contributed by atoms with Gasteiger partial charge in [-0.25, -0.2) is 33.7 Å². The predicted octanol–water partition coefficient (Wildman–Crippen LogP) is -4.87. The standard InChI is InChI=1S/C18H10O10S4.2Na/c19-29(20)15-5-9(31(23,24)25)1-3-11(15)13-7-14-12-4-2-10(32(26,27)28)6-16(12)30(21,22)18(14)8-17(13)29;;/h1-8H,(H,23,24,25)(H,26,27,28);;/q;2*+1/p-2. The Morgan fingerprint density at radius 3 is 1.15 bits per heavy atom. The van der Waals surface area contributed by atoms with Crippen molar-refractivity contribution >= 4 is 39.9 Å². The van der Waals surface area contributed by atoms with E-state index in [-0.39, 0.29) is 81.4 Å². The van der Waals surface area contributed by atoms with Crippen LogP contribution in [0.4, 0.5) is 0 Å². The first kappa shape index (κ1) is 28.0. The van der Waals surface area contributed by atoms with Crippen LogP contribution in [-0.2, 0) is 39.9 Å². The zero-order valence-corrected chi connectivity index (χ0v) is 24.6. The summed E-state index contributed by atoms with van der Waals surface area (Å²) in [6, 6.07) is 7.85. The molecule has 34 heavy (non-hydrogen) atoms. The second-order valence-corrected chi connectivity index (χ2v) is 13.6. The minimum absolute atomic E-state index is 0. The van der Waals surface area contributed by atoms with Crippen LogP contribution in [0.3, 0.4) is 0 Å². The second kappa shape index (κ2) is 8.46. The molecular weight excluding hydrogens is 550 g/mol. The maximum Gasteiger partial charge on any atom is 1.00 e. The van der Waals surface area contributed by atoms with Crippen LogP contribution in [0.1, 0.15) is 0 Å². The Balaban J connectivity index is 0.00000162. The van der Waals surface area contributed by atoms with Gasteiger partial charge in [-0.05, 0) is 36.4 Å². The molecule has 3 aromatic carbocycles. The molecule has 0 unspecified atom stereocenters. The van der Waals surface area contributed by atoms with Crippen LogP contribution < -0.4 is 59.1 Å². The van der Waals surface area contributed by atoms with E-state index in [1.807, 2.05) is 0 Å². The summed E-state index contributed by atoms with van der Waals surface area (Å²) in [4.78, 5) is -3.19. The van der Waals surface area contributed by atoms with Crippen molar-refractivity contribution in [1.29, 1.82) is 0 Å². The number of sulfone groups is 2. The molecule has 0 bridgehead atoms. The molecule has 0 saturated carbocycles. The molecule has 0 amide bonds. The van der Waals surface area contributed by atoms with Gasteiger partial charge >= 0.3 is 59.1 Å². The number of hydrogen-bond donors (Lipinski definition) is 0. The second-order valence-electron chi connectivity index (χ2n) is 7.08. The molecular formula is C18H8Na2O10S4. The molecule has 16 heteroatoms. The molecule has 0 saturated heterocycles. The molecule has 0 radical (unpaired) electrons. The first-order chi connectivity index (χ1) is 14.6. The van der Waals surface area contributed by atoms with Crippen molar-refractivity contribution in [3.05, 3.63) is 48.5 Å². The van der Waals surface area contributed by atoms with Crippen LogP contribution in [0.2, 0.25) is 0 Å². The van der Waals surface area contributed by atoms with Gasteiger partial charge in [-0.3, -0.25) is 0 Å². The fourth-order valence-corrected chi connectivity index (χ4v) is 8.52. The smallest absolute Gasteiger partial charge is 0.744 e. The first-order valence-electron chi connectivity index (χ1n) is 8.52. The molecule has 0 fully saturated rings. The van der Waals surface area contributed by atoms with Crippen molar-refractivity contribution in [3.63, 3.8) is 0 Å². The zero-order chi connectivity index (χ0) is 23.4. The summed E-state index contributed by atoms with van der Waals surface area (Å²) in [7, 11) is -18.6. The Hall–Kier alpha value is -0.620. The average molecular weight is 559 g/mol. The van der Waals surface area contributed by atoms with Gasteiger partial charge in [-0.15, -0.1) is 0 Å². The molecule has 2 heterocycles. The summed E-state index contributed by atoms with van der Waals surface area (Å²) in [5, 5.41) is 0. The van der Waals surface area contributed by atoms with E-state index in [1.54, 1.807) is 0 Å². The van der Waals surface area contributed by atoms with Crippen molar-refractivity contribution < 1.29 is 102 Å². The summed E-state index contributed by atoms with van der Waals surface area (Å²) in [5.74, 6) is 0. The van der Waals surface area contributed by atoms with Gasteiger partial charge in [0.05, 0.1) is 29.4 Å². The molecule has 0 spiro atoms. The number of fused-ring (bicyclic) bond motifs is 6. The first-order valence-corrected chi connectivity index (χ1v) is 14.3. The fourth-order valence-electron chi connectivity index (χ4n) is 3.87. The predicted molar refractivity (Wildman–Crippen MR) is 104 cm³/mol. The van der Waals surface area contributed by atoms with Crippen LogP contribution in [0.15, 0.2) is 77.9 Å². The van der Waals surface area contributed by atoms with Gasteiger partial charge < -0.3 is 9.11 Å². The Bertz CT molecular complexity index is 1710. The summed E-state index contributed by atoms with van der Waals surface area (Å²) < 4.78 is 120. The topological polar surface area (TPSA) is 183 Å². The van der Waals surface area contributed by atoms with Crippen molar-refractivity contribution in [2.45, 2.75) is 29.4 Å². The fraction of sp³-hybridized carbons (Fsp3) is 0. The maximum atomic E-state index is 13.0. The summed E-state index contributed by atoms with van der Waals surface area (Å²) in [6.07, 6.45) is 0. The van der Waals surface area contributed by atoms with Crippen LogP contribution >= 0.6 is 0 Å². The van der Waals surface area contributed by atoms with Gasteiger partial charge in [0, 0.05) is 22.3 Å². The molecule has 0 N–H and O–H groups in total. The van der Waals surface area contributed by atoms with Gasteiger partial charge in [0.1, 0.15) is 20.2 Å². The van der Waals surface area contributed by atoms with Gasteiger partial charge in [0.15, 0.2) is 0 Å². The van der Waals surface area contributed by atoms with Crippen molar-refractivity contribution in [1.82, 2.24) is 0 Å². The van der Waals surface area contributed by atoms with Gasteiger partial charge in [0.25, 0.3) is 0 Å². The Morgan fingerprint density at radius 1 is 0.500 bits per heavy atom. The largest absolute Gasteiger partial charge is 1.00 e. The third kappa shape index (κ3) is 3.97. The van der Waals surface area contributed by atoms with E-state index < -0.39 is 69.3 Å². The normalized spacial score (nSPS) is 16.3. The third-order valence-electron chi connectivity index (χ3n) is 5.30. The van der Waals surface area contributed by atoms with E-state index in [2.05, 4.69) is 0 Å². The molecule has 3 aromatic rings. The van der Waals surface area contributed by atoms with E-state index in [4.69, 9.17) is 0 Å². The molecule has 0 aromatic heterocycles. The van der Waals surface area contributed by atoms with E-state index in [0.717, 1.165) is 42.5 Å². The summed E-state index contributed by atoms with van der Waals surface area (Å²) >= 11 is 0. The van der Waals surface area contributed by atoms with E-state index >= 15 is 0 Å². The van der Waals surface area contributed by atoms with Crippen LogP contribution in [0.5, 0.6) is 0 Å². The van der Waals surface area contributed by atoms with E-state index in [9.17, 15) is 42.8 Å². The molecule has 0 atom stereocenters. The van der Waals surface area contributed by atoms with Crippen LogP contribution in [-0.4, -0.2) is 42.8 Å². The van der Waals surface area contributed by atoms with Crippen molar-refractivity contribution in [2.24, 2.45) is 0 Å².